The molecule has 5 nitrogen and oxygen atoms in total. The summed E-state index contributed by atoms with van der Waals surface area (Å²) in [5.41, 5.74) is -1.83. The average Bonchev–Trinajstić information content (AvgIpc) is 3.08. The number of fused-ring (bicyclic) bond motifs is 1. The molecule has 0 bridgehead atoms. The van der Waals surface area contributed by atoms with Crippen LogP contribution in [0.1, 0.15) is 25.1 Å². The van der Waals surface area contributed by atoms with E-state index in [1.807, 2.05) is 13.8 Å². The molecular formula is C16H15F3N4OS. The van der Waals surface area contributed by atoms with Crippen molar-refractivity contribution in [2.75, 3.05) is 6.54 Å². The van der Waals surface area contributed by atoms with Crippen molar-refractivity contribution in [2.24, 2.45) is 10.9 Å². The van der Waals surface area contributed by atoms with E-state index in [-0.39, 0.29) is 11.0 Å². The van der Waals surface area contributed by atoms with E-state index in [0.29, 0.717) is 12.1 Å². The van der Waals surface area contributed by atoms with Crippen LogP contribution in [0.4, 0.5) is 13.2 Å². The Balaban J connectivity index is 2.13. The van der Waals surface area contributed by atoms with E-state index < -0.39 is 23.0 Å². The summed E-state index contributed by atoms with van der Waals surface area (Å²) in [6.07, 6.45) is -3.70. The molecule has 0 amide bonds. The Morgan fingerprint density at radius 2 is 2.08 bits per heavy atom. The van der Waals surface area contributed by atoms with Crippen molar-refractivity contribution < 1.29 is 13.2 Å². The fraction of sp³-hybridized carbons (Fsp3) is 0.312. The molecule has 0 atom stereocenters. The van der Waals surface area contributed by atoms with Crippen LogP contribution in [0.3, 0.4) is 0 Å². The molecule has 1 N–H and O–H groups in total. The lowest BCUT2D eigenvalue weighted by Gasteiger charge is -2.04. The van der Waals surface area contributed by atoms with Gasteiger partial charge in [0, 0.05) is 12.8 Å². The highest BCUT2D eigenvalue weighted by atomic mass is 32.1. The Morgan fingerprint density at radius 3 is 2.72 bits per heavy atom. The standard InChI is InChI=1S/C16H15F3N4OS/c1-9(2)7-20-8-10-13(16(17,18)19)22-23(14(10)24)15-21-11-5-3-4-6-12(11)25-15/h3-6,8-9,22H,7H2,1-2H3. The lowest BCUT2D eigenvalue weighted by atomic mass is 10.2. The molecule has 1 aromatic carbocycles. The number of hydrogen-bond acceptors (Lipinski definition) is 4. The Hall–Kier alpha value is -2.42. The summed E-state index contributed by atoms with van der Waals surface area (Å²) in [7, 11) is 0. The summed E-state index contributed by atoms with van der Waals surface area (Å²) in [5.74, 6) is 0.177. The fourth-order valence-electron chi connectivity index (χ4n) is 2.23. The van der Waals surface area contributed by atoms with Gasteiger partial charge in [-0.1, -0.05) is 37.3 Å². The van der Waals surface area contributed by atoms with Crippen molar-refractivity contribution in [1.82, 2.24) is 14.8 Å². The van der Waals surface area contributed by atoms with Crippen LogP contribution < -0.4 is 5.56 Å². The third kappa shape index (κ3) is 3.51. The van der Waals surface area contributed by atoms with Gasteiger partial charge in [0.1, 0.15) is 0 Å². The van der Waals surface area contributed by atoms with Crippen molar-refractivity contribution in [2.45, 2.75) is 20.0 Å². The molecule has 0 spiro atoms. The molecule has 2 aromatic heterocycles. The first kappa shape index (κ1) is 17.4. The maximum Gasteiger partial charge on any atom is 0.433 e. The van der Waals surface area contributed by atoms with Crippen LogP contribution in [-0.2, 0) is 6.18 Å². The van der Waals surface area contributed by atoms with E-state index in [1.54, 1.807) is 24.3 Å². The Morgan fingerprint density at radius 1 is 1.36 bits per heavy atom. The lowest BCUT2D eigenvalue weighted by Crippen LogP contribution is -2.17. The molecule has 0 aliphatic rings. The van der Waals surface area contributed by atoms with Gasteiger partial charge in [-0.2, -0.15) is 17.9 Å². The van der Waals surface area contributed by atoms with Crippen molar-refractivity contribution in [3.05, 3.63) is 45.9 Å². The number of alkyl halides is 3. The topological polar surface area (TPSA) is 63.0 Å². The van der Waals surface area contributed by atoms with Gasteiger partial charge in [0.2, 0.25) is 5.13 Å². The minimum absolute atomic E-state index is 0.153. The number of halogens is 3. The molecule has 0 saturated carbocycles. The highest BCUT2D eigenvalue weighted by Gasteiger charge is 2.38. The number of para-hydroxylation sites is 1. The summed E-state index contributed by atoms with van der Waals surface area (Å²) >= 11 is 1.13. The molecule has 0 aliphatic heterocycles. The van der Waals surface area contributed by atoms with Crippen LogP contribution in [-0.4, -0.2) is 27.5 Å². The molecule has 3 rings (SSSR count). The molecule has 0 saturated heterocycles. The van der Waals surface area contributed by atoms with Crippen LogP contribution in [0.15, 0.2) is 34.1 Å². The Labute approximate surface area is 144 Å². The van der Waals surface area contributed by atoms with E-state index in [2.05, 4.69) is 15.1 Å². The lowest BCUT2D eigenvalue weighted by molar-refractivity contribution is -0.141. The summed E-state index contributed by atoms with van der Waals surface area (Å²) in [4.78, 5) is 20.7. The minimum atomic E-state index is -4.69. The minimum Gasteiger partial charge on any atom is -0.292 e. The van der Waals surface area contributed by atoms with Crippen molar-refractivity contribution >= 4 is 27.8 Å². The molecular weight excluding hydrogens is 353 g/mol. The van der Waals surface area contributed by atoms with E-state index in [0.717, 1.165) is 26.9 Å². The van der Waals surface area contributed by atoms with Crippen molar-refractivity contribution in [1.29, 1.82) is 0 Å². The fourth-order valence-corrected chi connectivity index (χ4v) is 3.16. The SMILES string of the molecule is CC(C)CN=Cc1c(C(F)(F)F)[nH]n(-c2nc3ccccc3s2)c1=O. The molecule has 0 aliphatic carbocycles. The van der Waals surface area contributed by atoms with E-state index in [4.69, 9.17) is 0 Å². The quantitative estimate of drug-likeness (QED) is 0.711. The third-order valence-corrected chi connectivity index (χ3v) is 4.40. The van der Waals surface area contributed by atoms with Crippen LogP contribution in [0.2, 0.25) is 0 Å². The second-order valence-electron chi connectivity index (χ2n) is 5.89. The van der Waals surface area contributed by atoms with Gasteiger partial charge in [-0.05, 0) is 18.1 Å². The second kappa shape index (κ2) is 6.47. The molecule has 9 heteroatoms. The van der Waals surface area contributed by atoms with Gasteiger partial charge in [0.05, 0.1) is 15.8 Å². The maximum absolute atomic E-state index is 13.3. The highest BCUT2D eigenvalue weighted by Crippen LogP contribution is 2.30. The Bertz CT molecular complexity index is 948. The number of aromatic nitrogens is 3. The molecule has 3 aromatic rings. The number of nitrogens with zero attached hydrogens (tertiary/aromatic N) is 3. The smallest absolute Gasteiger partial charge is 0.292 e. The second-order valence-corrected chi connectivity index (χ2v) is 6.90. The van der Waals surface area contributed by atoms with Gasteiger partial charge in [-0.25, -0.2) is 4.98 Å². The number of thiazole rings is 1. The maximum atomic E-state index is 13.3. The van der Waals surface area contributed by atoms with Crippen LogP contribution in [0.25, 0.3) is 15.3 Å². The normalized spacial score (nSPS) is 12.7. The predicted molar refractivity (Wildman–Crippen MR) is 91.9 cm³/mol. The largest absolute Gasteiger partial charge is 0.433 e. The first-order valence-electron chi connectivity index (χ1n) is 7.55. The van der Waals surface area contributed by atoms with Gasteiger partial charge in [0.25, 0.3) is 5.56 Å². The first-order valence-corrected chi connectivity index (χ1v) is 8.37. The zero-order valence-electron chi connectivity index (χ0n) is 13.5. The number of nitrogens with one attached hydrogen (secondary N) is 1. The van der Waals surface area contributed by atoms with E-state index in [1.165, 1.54) is 0 Å². The van der Waals surface area contributed by atoms with Gasteiger partial charge >= 0.3 is 6.18 Å². The zero-order chi connectivity index (χ0) is 18.2. The van der Waals surface area contributed by atoms with Gasteiger partial charge in [-0.15, -0.1) is 0 Å². The number of benzene rings is 1. The van der Waals surface area contributed by atoms with E-state index >= 15 is 0 Å². The van der Waals surface area contributed by atoms with Crippen molar-refractivity contribution in [3.63, 3.8) is 0 Å². The number of hydrogen-bond donors (Lipinski definition) is 1. The number of rotatable bonds is 4. The number of aliphatic imine (C=N–C) groups is 1. The summed E-state index contributed by atoms with van der Waals surface area (Å²) in [5, 5.41) is 2.29. The summed E-state index contributed by atoms with van der Waals surface area (Å²) < 4.78 is 41.5. The molecule has 25 heavy (non-hydrogen) atoms. The van der Waals surface area contributed by atoms with E-state index in [9.17, 15) is 18.0 Å². The highest BCUT2D eigenvalue weighted by molar-refractivity contribution is 7.20. The monoisotopic (exact) mass is 368 g/mol. The van der Waals surface area contributed by atoms with Crippen LogP contribution in [0, 0.1) is 5.92 Å². The zero-order valence-corrected chi connectivity index (χ0v) is 14.3. The molecule has 0 fully saturated rings. The molecule has 0 radical (unpaired) electrons. The first-order chi connectivity index (χ1) is 11.8. The summed E-state index contributed by atoms with van der Waals surface area (Å²) in [6.45, 7) is 4.11. The van der Waals surface area contributed by atoms with Gasteiger partial charge < -0.3 is 0 Å². The van der Waals surface area contributed by atoms with Crippen LogP contribution in [0.5, 0.6) is 0 Å². The van der Waals surface area contributed by atoms with Gasteiger partial charge in [-0.3, -0.25) is 14.9 Å². The summed E-state index contributed by atoms with van der Waals surface area (Å²) in [6, 6.07) is 7.10. The van der Waals surface area contributed by atoms with Crippen molar-refractivity contribution in [3.8, 4) is 5.13 Å². The number of H-pyrrole nitrogens is 1. The molecule has 0 unspecified atom stereocenters. The van der Waals surface area contributed by atoms with Crippen LogP contribution >= 0.6 is 11.3 Å². The third-order valence-electron chi connectivity index (χ3n) is 3.37. The predicted octanol–water partition coefficient (Wildman–Crippen LogP) is 3.87. The Kier molecular flexibility index (Phi) is 4.51. The average molecular weight is 368 g/mol. The number of aromatic amines is 1. The molecule has 132 valence electrons. The molecule has 2 heterocycles. The van der Waals surface area contributed by atoms with Gasteiger partial charge in [0.15, 0.2) is 5.69 Å².